The number of hydrogen-bond acceptors (Lipinski definition) is 2. The molecule has 4 nitrogen and oxygen atoms in total. The van der Waals surface area contributed by atoms with Crippen LogP contribution in [0.15, 0.2) is 24.4 Å². The minimum absolute atomic E-state index is 0.0995. The second-order valence-corrected chi connectivity index (χ2v) is 6.21. The van der Waals surface area contributed by atoms with Crippen LogP contribution < -0.4 is 5.32 Å². The number of nitrogens with one attached hydrogen (secondary N) is 1. The molecule has 0 aromatic carbocycles. The molecular weight excluding hydrogens is 274 g/mol. The second kappa shape index (κ2) is 4.48. The molecule has 0 radical (unpaired) electrons. The third-order valence-electron chi connectivity index (χ3n) is 4.26. The molecule has 4 rings (SSSR count). The third-order valence-corrected chi connectivity index (χ3v) is 4.52. The predicted octanol–water partition coefficient (Wildman–Crippen LogP) is 2.91. The topological polar surface area (TPSA) is 46.4 Å². The van der Waals surface area contributed by atoms with Crippen molar-refractivity contribution in [2.75, 3.05) is 0 Å². The van der Waals surface area contributed by atoms with Gasteiger partial charge in [0.15, 0.2) is 10.8 Å². The minimum atomic E-state index is -0.0995. The first-order valence-corrected chi connectivity index (χ1v) is 7.55. The van der Waals surface area contributed by atoms with E-state index in [0.29, 0.717) is 29.2 Å². The van der Waals surface area contributed by atoms with E-state index in [9.17, 15) is 4.79 Å². The van der Waals surface area contributed by atoms with Crippen molar-refractivity contribution in [2.24, 2.45) is 11.8 Å². The molecule has 0 spiro atoms. The molecule has 104 valence electrons. The van der Waals surface area contributed by atoms with Gasteiger partial charge in [-0.2, -0.15) is 0 Å². The molecule has 2 aromatic heterocycles. The van der Waals surface area contributed by atoms with E-state index < -0.39 is 0 Å². The molecule has 2 fully saturated rings. The van der Waals surface area contributed by atoms with Crippen LogP contribution in [0.1, 0.15) is 36.2 Å². The molecule has 1 amide bonds. The number of aromatic nitrogens is 2. The molecule has 0 bridgehead atoms. The summed E-state index contributed by atoms with van der Waals surface area (Å²) in [5.74, 6) is 1.24. The quantitative estimate of drug-likeness (QED) is 0.941. The summed E-state index contributed by atoms with van der Waals surface area (Å²) in [5.41, 5.74) is 1.16. The lowest BCUT2D eigenvalue weighted by Crippen LogP contribution is -2.38. The van der Waals surface area contributed by atoms with Crippen molar-refractivity contribution in [1.82, 2.24) is 14.7 Å². The van der Waals surface area contributed by atoms with Crippen molar-refractivity contribution in [2.45, 2.75) is 31.7 Å². The standard InChI is InChI=1S/C15H16ClN3O/c16-14-13(19-8-2-1-3-11(19)17-14)15(20)18-12(9-4-5-9)10-6-7-10/h1-3,8-10,12H,4-7H2,(H,18,20). The van der Waals surface area contributed by atoms with Crippen LogP contribution in [0.5, 0.6) is 0 Å². The summed E-state index contributed by atoms with van der Waals surface area (Å²) in [6, 6.07) is 5.94. The highest BCUT2D eigenvalue weighted by atomic mass is 35.5. The molecule has 2 aliphatic carbocycles. The zero-order chi connectivity index (χ0) is 13.7. The number of carbonyl (C=O) groups excluding carboxylic acids is 1. The van der Waals surface area contributed by atoms with Crippen molar-refractivity contribution >= 4 is 23.2 Å². The highest BCUT2D eigenvalue weighted by molar-refractivity contribution is 6.32. The Hall–Kier alpha value is -1.55. The molecular formula is C15H16ClN3O. The first kappa shape index (κ1) is 12.2. The fourth-order valence-electron chi connectivity index (χ4n) is 2.92. The predicted molar refractivity (Wildman–Crippen MR) is 76.9 cm³/mol. The number of nitrogens with zero attached hydrogens (tertiary/aromatic N) is 2. The summed E-state index contributed by atoms with van der Waals surface area (Å²) in [6.07, 6.45) is 6.78. The van der Waals surface area contributed by atoms with Gasteiger partial charge in [0.1, 0.15) is 5.65 Å². The number of carbonyl (C=O) groups is 1. The van der Waals surface area contributed by atoms with Crippen molar-refractivity contribution in [3.05, 3.63) is 35.2 Å². The molecule has 2 heterocycles. The SMILES string of the molecule is O=C(NC(C1CC1)C1CC1)c1c(Cl)nc2ccccn12. The number of pyridine rings is 1. The number of halogens is 1. The summed E-state index contributed by atoms with van der Waals surface area (Å²) in [6.45, 7) is 0. The molecule has 20 heavy (non-hydrogen) atoms. The number of imidazole rings is 1. The molecule has 2 aliphatic rings. The highest BCUT2D eigenvalue weighted by Gasteiger charge is 2.42. The van der Waals surface area contributed by atoms with Gasteiger partial charge in [0.05, 0.1) is 0 Å². The van der Waals surface area contributed by atoms with E-state index in [1.54, 1.807) is 4.40 Å². The number of amides is 1. The summed E-state index contributed by atoms with van der Waals surface area (Å²) < 4.78 is 1.76. The number of hydrogen-bond donors (Lipinski definition) is 1. The summed E-state index contributed by atoms with van der Waals surface area (Å²) in [5, 5.41) is 3.47. The van der Waals surface area contributed by atoms with Crippen LogP contribution in [0.4, 0.5) is 0 Å². The Labute approximate surface area is 122 Å². The Kier molecular flexibility index (Phi) is 2.74. The monoisotopic (exact) mass is 289 g/mol. The van der Waals surface area contributed by atoms with E-state index in [1.807, 2.05) is 24.4 Å². The highest BCUT2D eigenvalue weighted by Crippen LogP contribution is 2.44. The average Bonchev–Trinajstić information content (AvgIpc) is 3.32. The van der Waals surface area contributed by atoms with Crippen molar-refractivity contribution in [1.29, 1.82) is 0 Å². The first-order valence-electron chi connectivity index (χ1n) is 7.17. The Balaban J connectivity index is 1.64. The van der Waals surface area contributed by atoms with Crippen LogP contribution in [-0.4, -0.2) is 21.3 Å². The van der Waals surface area contributed by atoms with Gasteiger partial charge >= 0.3 is 0 Å². The van der Waals surface area contributed by atoms with Gasteiger partial charge in [-0.05, 0) is 49.7 Å². The largest absolute Gasteiger partial charge is 0.347 e. The van der Waals surface area contributed by atoms with Crippen molar-refractivity contribution in [3.8, 4) is 0 Å². The molecule has 0 aliphatic heterocycles. The maximum Gasteiger partial charge on any atom is 0.271 e. The Morgan fingerprint density at radius 2 is 2.00 bits per heavy atom. The van der Waals surface area contributed by atoms with Crippen LogP contribution in [0, 0.1) is 11.8 Å². The third kappa shape index (κ3) is 2.08. The van der Waals surface area contributed by atoms with E-state index in [2.05, 4.69) is 10.3 Å². The minimum Gasteiger partial charge on any atom is -0.347 e. The van der Waals surface area contributed by atoms with Gasteiger partial charge in [-0.25, -0.2) is 4.98 Å². The van der Waals surface area contributed by atoms with Gasteiger partial charge in [0.25, 0.3) is 5.91 Å². The van der Waals surface area contributed by atoms with Gasteiger partial charge in [-0.1, -0.05) is 17.7 Å². The van der Waals surface area contributed by atoms with Gasteiger partial charge < -0.3 is 5.32 Å². The molecule has 0 unspecified atom stereocenters. The first-order chi connectivity index (χ1) is 9.74. The average molecular weight is 290 g/mol. The van der Waals surface area contributed by atoms with Gasteiger partial charge in [0.2, 0.25) is 0 Å². The molecule has 0 saturated heterocycles. The zero-order valence-electron chi connectivity index (χ0n) is 11.1. The maximum absolute atomic E-state index is 12.6. The fourth-order valence-corrected chi connectivity index (χ4v) is 3.18. The Morgan fingerprint density at radius 1 is 1.30 bits per heavy atom. The molecule has 0 atom stereocenters. The van der Waals surface area contributed by atoms with E-state index in [-0.39, 0.29) is 11.1 Å². The lowest BCUT2D eigenvalue weighted by Gasteiger charge is -2.17. The molecule has 5 heteroatoms. The van der Waals surface area contributed by atoms with Crippen LogP contribution in [0.25, 0.3) is 5.65 Å². The zero-order valence-corrected chi connectivity index (χ0v) is 11.8. The van der Waals surface area contributed by atoms with Gasteiger partial charge in [-0.15, -0.1) is 0 Å². The van der Waals surface area contributed by atoms with Gasteiger partial charge in [-0.3, -0.25) is 9.20 Å². The van der Waals surface area contributed by atoms with Gasteiger partial charge in [0, 0.05) is 12.2 Å². The second-order valence-electron chi connectivity index (χ2n) is 5.85. The normalized spacial score (nSPS) is 18.7. The summed E-state index contributed by atoms with van der Waals surface area (Å²) in [7, 11) is 0. The lowest BCUT2D eigenvalue weighted by atomic mass is 10.1. The maximum atomic E-state index is 12.6. The fraction of sp³-hybridized carbons (Fsp3) is 0.467. The van der Waals surface area contributed by atoms with Crippen molar-refractivity contribution < 1.29 is 4.79 Å². The van der Waals surface area contributed by atoms with E-state index in [1.165, 1.54) is 25.7 Å². The van der Waals surface area contributed by atoms with Crippen LogP contribution in [0.3, 0.4) is 0 Å². The van der Waals surface area contributed by atoms with E-state index >= 15 is 0 Å². The Bertz CT molecular complexity index is 661. The van der Waals surface area contributed by atoms with E-state index in [0.717, 1.165) is 0 Å². The van der Waals surface area contributed by atoms with Crippen LogP contribution in [-0.2, 0) is 0 Å². The molecule has 2 aromatic rings. The van der Waals surface area contributed by atoms with Crippen LogP contribution in [0.2, 0.25) is 5.15 Å². The summed E-state index contributed by atoms with van der Waals surface area (Å²) >= 11 is 6.14. The van der Waals surface area contributed by atoms with E-state index in [4.69, 9.17) is 11.6 Å². The number of rotatable bonds is 4. The number of fused-ring (bicyclic) bond motifs is 1. The molecule has 2 saturated carbocycles. The van der Waals surface area contributed by atoms with Crippen molar-refractivity contribution in [3.63, 3.8) is 0 Å². The lowest BCUT2D eigenvalue weighted by molar-refractivity contribution is 0.0920. The smallest absolute Gasteiger partial charge is 0.271 e. The van der Waals surface area contributed by atoms with Crippen LogP contribution >= 0.6 is 11.6 Å². The Morgan fingerprint density at radius 3 is 2.65 bits per heavy atom. The summed E-state index contributed by atoms with van der Waals surface area (Å²) in [4.78, 5) is 16.8. The molecule has 1 N–H and O–H groups in total.